The van der Waals surface area contributed by atoms with Crippen molar-refractivity contribution in [2.75, 3.05) is 0 Å². The molecule has 0 bridgehead atoms. The van der Waals surface area contributed by atoms with Gasteiger partial charge in [0, 0.05) is 52.9 Å². The molecular formula is C48H32. The molecule has 0 heteroatoms. The van der Waals surface area contributed by atoms with Gasteiger partial charge in [0.15, 0.2) is 0 Å². The van der Waals surface area contributed by atoms with Crippen molar-refractivity contribution in [3.63, 3.8) is 0 Å². The second-order valence-electron chi connectivity index (χ2n) is 13.3. The normalized spacial score (nSPS) is 11.1. The predicted octanol–water partition coefficient (Wildman–Crippen LogP) is 3.24. The molecule has 0 heterocycles. The van der Waals surface area contributed by atoms with Gasteiger partial charge in [-0.05, 0) is 106 Å². The molecule has 4 aromatic carbocycles. The Hall–Kier alpha value is -6.64. The maximum atomic E-state index is 5.73. The highest BCUT2D eigenvalue weighted by molar-refractivity contribution is 5.47. The molecule has 4 aromatic rings. The molecule has 0 nitrogen and oxygen atoms in total. The van der Waals surface area contributed by atoms with E-state index in [0.29, 0.717) is 10.4 Å². The van der Waals surface area contributed by atoms with Crippen molar-refractivity contribution >= 4 is 45.8 Å². The largest absolute Gasteiger partial charge is 0.115 e. The molecule has 0 saturated carbocycles. The second-order valence-corrected chi connectivity index (χ2v) is 13.3. The van der Waals surface area contributed by atoms with Crippen molar-refractivity contribution in [2.45, 2.75) is 52.4 Å². The molecule has 0 amide bonds. The van der Waals surface area contributed by atoms with Crippen LogP contribution in [0.25, 0.3) is 45.8 Å². The van der Waals surface area contributed by atoms with Crippen molar-refractivity contribution in [3.05, 3.63) is 160 Å². The van der Waals surface area contributed by atoms with E-state index in [1.54, 1.807) is 0 Å². The summed E-state index contributed by atoms with van der Waals surface area (Å²) in [6.07, 6.45) is 11.5. The summed E-state index contributed by atoms with van der Waals surface area (Å²) in [4.78, 5) is 0. The van der Waals surface area contributed by atoms with Gasteiger partial charge in [-0.3, -0.25) is 0 Å². The fourth-order valence-corrected chi connectivity index (χ4v) is 4.80. The molecule has 1 aliphatic rings. The summed E-state index contributed by atoms with van der Waals surface area (Å²) in [5.41, 5.74) is 41.9. The molecule has 0 atom stereocenters. The van der Waals surface area contributed by atoms with Crippen molar-refractivity contribution in [3.8, 4) is 24.7 Å². The van der Waals surface area contributed by atoms with E-state index in [2.05, 4.69) is 146 Å². The van der Waals surface area contributed by atoms with E-state index in [-0.39, 0.29) is 10.8 Å². The Morgan fingerprint density at radius 1 is 0.375 bits per heavy atom. The third-order valence-electron chi connectivity index (χ3n) is 7.72. The lowest BCUT2D eigenvalue weighted by Crippen LogP contribution is -2.26. The van der Waals surface area contributed by atoms with E-state index in [9.17, 15) is 0 Å². The Morgan fingerprint density at radius 2 is 0.667 bits per heavy atom. The van der Waals surface area contributed by atoms with Crippen LogP contribution in [0.15, 0.2) is 95.7 Å². The van der Waals surface area contributed by atoms with Gasteiger partial charge in [-0.15, -0.1) is 12.8 Å². The van der Waals surface area contributed by atoms with Gasteiger partial charge in [-0.2, -0.15) is 0 Å². The van der Waals surface area contributed by atoms with Crippen LogP contribution in [0.5, 0.6) is 0 Å². The van der Waals surface area contributed by atoms with Crippen LogP contribution in [0.4, 0.5) is 0 Å². The summed E-state index contributed by atoms with van der Waals surface area (Å²) in [6, 6.07) is 23.6. The van der Waals surface area contributed by atoms with Gasteiger partial charge in [0.05, 0.1) is 0 Å². The zero-order valence-corrected chi connectivity index (χ0v) is 28.1. The van der Waals surface area contributed by atoms with Gasteiger partial charge in [0.2, 0.25) is 0 Å². The Labute approximate surface area is 281 Å². The molecule has 0 fully saturated rings. The third-order valence-corrected chi connectivity index (χ3v) is 7.72. The van der Waals surface area contributed by atoms with Crippen LogP contribution in [-0.4, -0.2) is 0 Å². The molecule has 0 aliphatic heterocycles. The first-order chi connectivity index (χ1) is 22.9. The van der Waals surface area contributed by atoms with Gasteiger partial charge < -0.3 is 0 Å². The van der Waals surface area contributed by atoms with E-state index >= 15 is 0 Å². The van der Waals surface area contributed by atoms with Gasteiger partial charge in [0.25, 0.3) is 0 Å². The van der Waals surface area contributed by atoms with Crippen LogP contribution in [0.2, 0.25) is 0 Å². The third kappa shape index (κ3) is 7.95. The summed E-state index contributed by atoms with van der Waals surface area (Å²) < 4.78 is 0. The number of hydrogen-bond donors (Lipinski definition) is 0. The lowest BCUT2D eigenvalue weighted by Gasteiger charge is -2.18. The number of hydrogen-bond acceptors (Lipinski definition) is 0. The Balaban J connectivity index is 2.20. The van der Waals surface area contributed by atoms with E-state index in [4.69, 9.17) is 12.8 Å². The smallest absolute Gasteiger partial charge is 0.0424 e. The van der Waals surface area contributed by atoms with Crippen molar-refractivity contribution in [1.29, 1.82) is 0 Å². The quantitative estimate of drug-likeness (QED) is 0.187. The Morgan fingerprint density at radius 3 is 1.04 bits per heavy atom. The number of fused-ring (bicyclic) bond motifs is 4. The average Bonchev–Trinajstić information content (AvgIpc) is 3.06. The van der Waals surface area contributed by atoms with Crippen molar-refractivity contribution in [2.24, 2.45) is 0 Å². The van der Waals surface area contributed by atoms with Crippen LogP contribution in [0, 0.1) is 24.7 Å². The molecule has 1 aliphatic carbocycles. The van der Waals surface area contributed by atoms with Crippen LogP contribution in [0.1, 0.15) is 63.8 Å². The Kier molecular flexibility index (Phi) is 9.40. The van der Waals surface area contributed by atoms with Crippen LogP contribution in [0.3, 0.4) is 0 Å². The average molecular weight is 609 g/mol. The summed E-state index contributed by atoms with van der Waals surface area (Å²) in [6.45, 7) is 13.0. The van der Waals surface area contributed by atoms with Crippen LogP contribution >= 0.6 is 0 Å². The molecule has 0 aromatic heterocycles. The minimum atomic E-state index is -0.0668. The zero-order valence-electron chi connectivity index (χ0n) is 28.1. The molecular weight excluding hydrogens is 577 g/mol. The maximum Gasteiger partial charge on any atom is 0.0424 e. The van der Waals surface area contributed by atoms with E-state index in [0.717, 1.165) is 53.6 Å². The minimum absolute atomic E-state index is 0.0661. The van der Waals surface area contributed by atoms with E-state index < -0.39 is 0 Å². The predicted molar refractivity (Wildman–Crippen MR) is 197 cm³/mol. The molecule has 0 unspecified atom stereocenters. The molecule has 0 radical (unpaired) electrons. The lowest BCUT2D eigenvalue weighted by molar-refractivity contribution is 0.589. The summed E-state index contributed by atoms with van der Waals surface area (Å²) in [7, 11) is 0. The van der Waals surface area contributed by atoms with Gasteiger partial charge in [-0.25, -0.2) is 0 Å². The highest BCUT2D eigenvalue weighted by atomic mass is 14.2. The van der Waals surface area contributed by atoms with E-state index in [1.165, 1.54) is 0 Å². The number of rotatable bonds is 0. The first-order valence-corrected chi connectivity index (χ1v) is 15.5. The zero-order chi connectivity index (χ0) is 34.3. The van der Waals surface area contributed by atoms with Gasteiger partial charge >= 0.3 is 0 Å². The first-order valence-electron chi connectivity index (χ1n) is 15.5. The molecule has 5 rings (SSSR count). The van der Waals surface area contributed by atoms with Crippen molar-refractivity contribution < 1.29 is 0 Å². The topological polar surface area (TPSA) is 0 Å². The minimum Gasteiger partial charge on any atom is -0.115 e. The van der Waals surface area contributed by atoms with E-state index in [1.807, 2.05) is 48.5 Å². The Bertz CT molecular complexity index is 2990. The highest BCUT2D eigenvalue weighted by Crippen LogP contribution is 2.20. The van der Waals surface area contributed by atoms with Gasteiger partial charge in [0.1, 0.15) is 0 Å². The molecule has 224 valence electrons. The highest BCUT2D eigenvalue weighted by Gasteiger charge is 2.13. The fourth-order valence-electron chi connectivity index (χ4n) is 4.80. The summed E-state index contributed by atoms with van der Waals surface area (Å²) in [5, 5.41) is 6.08. The lowest BCUT2D eigenvalue weighted by atomic mass is 9.86. The first kappa shape index (κ1) is 32.7. The van der Waals surface area contributed by atoms with Crippen molar-refractivity contribution in [1.82, 2.24) is 0 Å². The molecule has 0 saturated heterocycles. The van der Waals surface area contributed by atoms with Crippen LogP contribution in [-0.2, 0) is 10.8 Å². The van der Waals surface area contributed by atoms with Gasteiger partial charge in [-0.1, -0.05) is 111 Å². The second kappa shape index (κ2) is 13.8. The summed E-state index contributed by atoms with van der Waals surface area (Å²) >= 11 is 0. The maximum absolute atomic E-state index is 5.73. The SMILES string of the molecule is C#Cc1ccc2c(c1)=C=C=C=C=c1ccc(C(C)(C)C)cc1=C=C=c1ccc(C#C)cc1=C=C=C=C=c1cc(C(C)(C)C)ccc1=C=C=2. The molecule has 48 heavy (non-hydrogen) atoms. The van der Waals surface area contributed by atoms with Crippen LogP contribution < -0.4 is 41.7 Å². The molecule has 0 N–H and O–H groups in total. The number of terminal acetylenes is 2. The summed E-state index contributed by atoms with van der Waals surface area (Å²) in [5.74, 6) is 5.39. The standard InChI is InChI=1S/C48H32/c1-9-35-19-21-38-23-24-40-28-30-45(47(3,4)5)33-43(40)18-14-13-17-42-32-36(10-2)20-22-39(42)25-26-44-34-46(48(6,7)8)29-27-37(44)15-11-12-16-41(38)31-35/h1-2,19-22,27-34H,3-8H3. The monoisotopic (exact) mass is 608 g/mol. The molecule has 0 spiro atoms. The number of benzene rings is 4. The fraction of sp³-hybridized carbons (Fsp3) is 0.167.